The van der Waals surface area contributed by atoms with Gasteiger partial charge in [-0.05, 0) is 44.6 Å². The minimum Gasteiger partial charge on any atom is -0.328 e. The number of rotatable bonds is 3. The van der Waals surface area contributed by atoms with Crippen molar-refractivity contribution in [3.05, 3.63) is 0 Å². The van der Waals surface area contributed by atoms with Crippen molar-refractivity contribution in [1.82, 2.24) is 4.90 Å². The molecular weight excluding hydrogens is 172 g/mol. The lowest BCUT2D eigenvalue weighted by molar-refractivity contribution is 0.124. The topological polar surface area (TPSA) is 29.3 Å². The molecular formula is C12H22N2. The number of nitrogens with two attached hydrogens (primary N) is 1. The molecule has 3 fully saturated rings. The Kier molecular flexibility index (Phi) is 2.29. The molecule has 2 heterocycles. The first-order chi connectivity index (χ1) is 6.83. The summed E-state index contributed by atoms with van der Waals surface area (Å²) in [4.78, 5) is 2.78. The molecule has 0 radical (unpaired) electrons. The Morgan fingerprint density at radius 2 is 1.64 bits per heavy atom. The molecule has 14 heavy (non-hydrogen) atoms. The van der Waals surface area contributed by atoms with Gasteiger partial charge in [0.05, 0.1) is 0 Å². The van der Waals surface area contributed by atoms with Crippen LogP contribution in [0.25, 0.3) is 0 Å². The lowest BCUT2D eigenvalue weighted by atomic mass is 9.98. The maximum absolute atomic E-state index is 6.06. The summed E-state index contributed by atoms with van der Waals surface area (Å²) in [5, 5.41) is 0. The molecule has 2 heteroatoms. The van der Waals surface area contributed by atoms with Crippen molar-refractivity contribution in [1.29, 1.82) is 0 Å². The zero-order chi connectivity index (χ0) is 9.54. The summed E-state index contributed by atoms with van der Waals surface area (Å²) in [5.41, 5.74) is 6.06. The first-order valence-corrected chi connectivity index (χ1v) is 6.34. The molecule has 0 aromatic carbocycles. The third-order valence-electron chi connectivity index (χ3n) is 4.41. The fourth-order valence-corrected chi connectivity index (χ4v) is 3.42. The molecule has 1 aliphatic carbocycles. The summed E-state index contributed by atoms with van der Waals surface area (Å²) < 4.78 is 0. The van der Waals surface area contributed by atoms with Gasteiger partial charge in [0.25, 0.3) is 0 Å². The minimum atomic E-state index is 0.504. The molecule has 2 nitrogen and oxygen atoms in total. The lowest BCUT2D eigenvalue weighted by Crippen LogP contribution is -2.47. The summed E-state index contributed by atoms with van der Waals surface area (Å²) in [6, 6.07) is 2.20. The van der Waals surface area contributed by atoms with Gasteiger partial charge in [-0.3, -0.25) is 4.90 Å². The Balaban J connectivity index is 1.57. The molecule has 3 aliphatic rings. The van der Waals surface area contributed by atoms with Gasteiger partial charge < -0.3 is 5.73 Å². The van der Waals surface area contributed by atoms with Gasteiger partial charge in [0.2, 0.25) is 0 Å². The highest BCUT2D eigenvalue weighted by Crippen LogP contribution is 2.38. The second kappa shape index (κ2) is 3.49. The lowest BCUT2D eigenvalue weighted by Gasteiger charge is -2.37. The summed E-state index contributed by atoms with van der Waals surface area (Å²) >= 11 is 0. The molecule has 2 atom stereocenters. The molecule has 1 saturated carbocycles. The van der Waals surface area contributed by atoms with E-state index in [4.69, 9.17) is 5.73 Å². The fourth-order valence-electron chi connectivity index (χ4n) is 3.42. The number of fused-ring (bicyclic) bond motifs is 2. The average molecular weight is 194 g/mol. The summed E-state index contributed by atoms with van der Waals surface area (Å²) in [7, 11) is 0. The van der Waals surface area contributed by atoms with Gasteiger partial charge in [-0.25, -0.2) is 0 Å². The highest BCUT2D eigenvalue weighted by molar-refractivity contribution is 4.96. The molecule has 0 aromatic rings. The van der Waals surface area contributed by atoms with Gasteiger partial charge in [-0.15, -0.1) is 0 Å². The van der Waals surface area contributed by atoms with Gasteiger partial charge >= 0.3 is 0 Å². The summed E-state index contributed by atoms with van der Waals surface area (Å²) in [6.07, 6.45) is 9.84. The Labute approximate surface area is 86.8 Å². The van der Waals surface area contributed by atoms with Crippen LogP contribution in [0.2, 0.25) is 0 Å². The van der Waals surface area contributed by atoms with Crippen molar-refractivity contribution >= 4 is 0 Å². The van der Waals surface area contributed by atoms with E-state index in [1.807, 2.05) is 0 Å². The Bertz CT molecular complexity index is 198. The van der Waals surface area contributed by atoms with Crippen molar-refractivity contribution in [2.45, 2.75) is 63.1 Å². The van der Waals surface area contributed by atoms with Crippen molar-refractivity contribution in [2.24, 2.45) is 11.7 Å². The molecule has 2 bridgehead atoms. The molecule has 0 amide bonds. The molecule has 3 rings (SSSR count). The third kappa shape index (κ3) is 1.70. The van der Waals surface area contributed by atoms with E-state index in [-0.39, 0.29) is 0 Å². The van der Waals surface area contributed by atoms with Crippen LogP contribution in [0.4, 0.5) is 0 Å². The van der Waals surface area contributed by atoms with E-state index in [0.717, 1.165) is 18.0 Å². The van der Waals surface area contributed by atoms with Gasteiger partial charge in [0.15, 0.2) is 0 Å². The Morgan fingerprint density at radius 3 is 2.21 bits per heavy atom. The van der Waals surface area contributed by atoms with Crippen LogP contribution < -0.4 is 5.73 Å². The van der Waals surface area contributed by atoms with Crippen LogP contribution in [0.15, 0.2) is 0 Å². The second-order valence-corrected chi connectivity index (χ2v) is 5.59. The predicted molar refractivity (Wildman–Crippen MR) is 58.1 cm³/mol. The van der Waals surface area contributed by atoms with Crippen LogP contribution in [0.5, 0.6) is 0 Å². The van der Waals surface area contributed by atoms with Gasteiger partial charge in [-0.2, -0.15) is 0 Å². The van der Waals surface area contributed by atoms with E-state index in [9.17, 15) is 0 Å². The number of hydrogen-bond donors (Lipinski definition) is 1. The summed E-state index contributed by atoms with van der Waals surface area (Å²) in [6.45, 7) is 1.37. The molecule has 0 spiro atoms. The third-order valence-corrected chi connectivity index (χ3v) is 4.41. The van der Waals surface area contributed by atoms with Crippen LogP contribution in [-0.2, 0) is 0 Å². The SMILES string of the molecule is NC1CC2CCC(C1)N2CCC1CC1. The minimum absolute atomic E-state index is 0.504. The number of piperidine rings is 1. The van der Waals surface area contributed by atoms with Gasteiger partial charge in [0, 0.05) is 18.1 Å². The van der Waals surface area contributed by atoms with E-state index in [1.165, 1.54) is 51.5 Å². The molecule has 2 N–H and O–H groups in total. The molecule has 2 aliphatic heterocycles. The van der Waals surface area contributed by atoms with E-state index in [2.05, 4.69) is 4.90 Å². The first kappa shape index (κ1) is 9.17. The fraction of sp³-hybridized carbons (Fsp3) is 1.00. The van der Waals surface area contributed by atoms with Crippen molar-refractivity contribution in [2.75, 3.05) is 6.54 Å². The van der Waals surface area contributed by atoms with Crippen molar-refractivity contribution in [3.63, 3.8) is 0 Å². The molecule has 0 aromatic heterocycles. The standard InChI is InChI=1S/C12H22N2/c13-10-7-11-3-4-12(8-10)14(11)6-5-9-1-2-9/h9-12H,1-8,13H2. The van der Waals surface area contributed by atoms with Crippen LogP contribution in [0, 0.1) is 5.92 Å². The maximum atomic E-state index is 6.06. The van der Waals surface area contributed by atoms with Crippen LogP contribution in [-0.4, -0.2) is 29.6 Å². The molecule has 2 unspecified atom stereocenters. The maximum Gasteiger partial charge on any atom is 0.0113 e. The van der Waals surface area contributed by atoms with E-state index in [1.54, 1.807) is 0 Å². The largest absolute Gasteiger partial charge is 0.328 e. The second-order valence-electron chi connectivity index (χ2n) is 5.59. The van der Waals surface area contributed by atoms with E-state index < -0.39 is 0 Å². The monoisotopic (exact) mass is 194 g/mol. The smallest absolute Gasteiger partial charge is 0.0113 e. The Hall–Kier alpha value is -0.0800. The van der Waals surface area contributed by atoms with Crippen LogP contribution >= 0.6 is 0 Å². The quantitative estimate of drug-likeness (QED) is 0.741. The highest BCUT2D eigenvalue weighted by Gasteiger charge is 2.39. The van der Waals surface area contributed by atoms with Crippen LogP contribution in [0.3, 0.4) is 0 Å². The normalized spacial score (nSPS) is 43.1. The number of hydrogen-bond acceptors (Lipinski definition) is 2. The predicted octanol–water partition coefficient (Wildman–Crippen LogP) is 1.74. The zero-order valence-corrected chi connectivity index (χ0v) is 8.99. The van der Waals surface area contributed by atoms with Gasteiger partial charge in [-0.1, -0.05) is 12.8 Å². The average Bonchev–Trinajstić information content (AvgIpc) is 2.92. The summed E-state index contributed by atoms with van der Waals surface area (Å²) in [5.74, 6) is 1.09. The first-order valence-electron chi connectivity index (χ1n) is 6.34. The Morgan fingerprint density at radius 1 is 1.00 bits per heavy atom. The molecule has 80 valence electrons. The van der Waals surface area contributed by atoms with Crippen molar-refractivity contribution < 1.29 is 0 Å². The van der Waals surface area contributed by atoms with E-state index in [0.29, 0.717) is 6.04 Å². The highest BCUT2D eigenvalue weighted by atomic mass is 15.2. The molecule has 2 saturated heterocycles. The van der Waals surface area contributed by atoms with Crippen molar-refractivity contribution in [3.8, 4) is 0 Å². The van der Waals surface area contributed by atoms with Crippen LogP contribution in [0.1, 0.15) is 44.9 Å². The van der Waals surface area contributed by atoms with Gasteiger partial charge in [0.1, 0.15) is 0 Å². The van der Waals surface area contributed by atoms with E-state index >= 15 is 0 Å². The number of nitrogens with zero attached hydrogens (tertiary/aromatic N) is 1. The zero-order valence-electron chi connectivity index (χ0n) is 8.99.